The number of piperidine rings is 1. The summed E-state index contributed by atoms with van der Waals surface area (Å²) in [5, 5.41) is 8.00. The summed E-state index contributed by atoms with van der Waals surface area (Å²) >= 11 is 18.4. The van der Waals surface area contributed by atoms with Gasteiger partial charge in [0.2, 0.25) is 5.91 Å². The van der Waals surface area contributed by atoms with Gasteiger partial charge in [-0.25, -0.2) is 0 Å². The maximum Gasteiger partial charge on any atom is 0.237 e. The molecule has 2 heterocycles. The number of thiocarbonyl (C=S) groups is 1. The first-order valence-corrected chi connectivity index (χ1v) is 11.5. The lowest BCUT2D eigenvalue weighted by atomic mass is 9.56. The van der Waals surface area contributed by atoms with Crippen molar-refractivity contribution in [1.82, 2.24) is 5.32 Å². The molecule has 1 saturated heterocycles. The molecule has 1 aromatic carbocycles. The van der Waals surface area contributed by atoms with Crippen LogP contribution in [0.5, 0.6) is 0 Å². The number of amides is 1. The fourth-order valence-corrected chi connectivity index (χ4v) is 6.11. The lowest BCUT2D eigenvalue weighted by Gasteiger charge is -2.50. The minimum atomic E-state index is -0.822. The molecule has 0 saturated carbocycles. The monoisotopic (exact) mass is 460 g/mol. The molecule has 0 bridgehead atoms. The van der Waals surface area contributed by atoms with Gasteiger partial charge in [-0.1, -0.05) is 79.6 Å². The van der Waals surface area contributed by atoms with E-state index in [0.29, 0.717) is 23.8 Å². The van der Waals surface area contributed by atoms with Gasteiger partial charge in [0.15, 0.2) is 0 Å². The quantitative estimate of drug-likeness (QED) is 0.418. The Labute approximate surface area is 193 Å². The van der Waals surface area contributed by atoms with Gasteiger partial charge in [-0.05, 0) is 54.4 Å². The SMILES string of the molecule is C=C(CC(C)C)[C@H]1NC(=S)C[C@@H](C2C=CC=C(Cl)C2)[C@]12C(=O)Nc1cc(Cl)ccc12. The molecule has 4 atom stereocenters. The Kier molecular flexibility index (Phi) is 5.86. The van der Waals surface area contributed by atoms with Crippen molar-refractivity contribution < 1.29 is 4.79 Å². The zero-order valence-corrected chi connectivity index (χ0v) is 19.5. The van der Waals surface area contributed by atoms with Crippen molar-refractivity contribution in [2.75, 3.05) is 5.32 Å². The molecule has 6 heteroatoms. The molecule has 3 nitrogen and oxygen atoms in total. The molecule has 1 aromatic rings. The number of fused-ring (bicyclic) bond motifs is 2. The summed E-state index contributed by atoms with van der Waals surface area (Å²) in [6.07, 6.45) is 8.20. The molecular formula is C24H26Cl2N2OS. The topological polar surface area (TPSA) is 41.1 Å². The van der Waals surface area contributed by atoms with Gasteiger partial charge in [-0.15, -0.1) is 0 Å². The van der Waals surface area contributed by atoms with E-state index in [4.69, 9.17) is 35.4 Å². The second-order valence-corrected chi connectivity index (χ2v) is 10.4. The van der Waals surface area contributed by atoms with Crippen LogP contribution in [0.2, 0.25) is 5.02 Å². The van der Waals surface area contributed by atoms with E-state index in [0.717, 1.165) is 33.3 Å². The molecule has 2 aliphatic heterocycles. The second-order valence-electron chi connectivity index (χ2n) is 8.95. The minimum Gasteiger partial charge on any atom is -0.372 e. The number of carbonyl (C=O) groups is 1. The summed E-state index contributed by atoms with van der Waals surface area (Å²) in [5.41, 5.74) is 1.91. The van der Waals surface area contributed by atoms with Gasteiger partial charge in [-0.3, -0.25) is 4.79 Å². The third kappa shape index (κ3) is 3.53. The Hall–Kier alpha value is -1.62. The van der Waals surface area contributed by atoms with Crippen molar-refractivity contribution in [3.8, 4) is 0 Å². The average molecular weight is 461 g/mol. The van der Waals surface area contributed by atoms with Crippen molar-refractivity contribution in [1.29, 1.82) is 0 Å². The summed E-state index contributed by atoms with van der Waals surface area (Å²) in [4.78, 5) is 14.6. The average Bonchev–Trinajstić information content (AvgIpc) is 2.94. The summed E-state index contributed by atoms with van der Waals surface area (Å²) in [7, 11) is 0. The van der Waals surface area contributed by atoms with Crippen LogP contribution in [-0.2, 0) is 10.2 Å². The summed E-state index contributed by atoms with van der Waals surface area (Å²) in [6, 6.07) is 5.39. The van der Waals surface area contributed by atoms with Crippen LogP contribution in [0.15, 0.2) is 53.6 Å². The van der Waals surface area contributed by atoms with E-state index in [1.807, 2.05) is 30.4 Å². The first-order valence-electron chi connectivity index (χ1n) is 10.3. The van der Waals surface area contributed by atoms with E-state index < -0.39 is 5.41 Å². The van der Waals surface area contributed by atoms with Crippen molar-refractivity contribution >= 4 is 52.0 Å². The molecule has 1 unspecified atom stereocenters. The predicted octanol–water partition coefficient (Wildman–Crippen LogP) is 6.14. The molecule has 0 radical (unpaired) electrons. The largest absolute Gasteiger partial charge is 0.372 e. The number of hydrogen-bond donors (Lipinski definition) is 2. The van der Waals surface area contributed by atoms with Gasteiger partial charge in [-0.2, -0.15) is 0 Å². The highest BCUT2D eigenvalue weighted by Crippen LogP contribution is 2.54. The first kappa shape index (κ1) is 21.6. The van der Waals surface area contributed by atoms with Crippen molar-refractivity contribution in [3.63, 3.8) is 0 Å². The molecule has 4 rings (SSSR count). The van der Waals surface area contributed by atoms with E-state index in [1.54, 1.807) is 0 Å². The zero-order valence-electron chi connectivity index (χ0n) is 17.2. The van der Waals surface area contributed by atoms with Crippen molar-refractivity contribution in [2.24, 2.45) is 17.8 Å². The highest BCUT2D eigenvalue weighted by atomic mass is 35.5. The maximum atomic E-state index is 13.8. The number of carbonyl (C=O) groups excluding carboxylic acids is 1. The Bertz CT molecular complexity index is 983. The molecule has 0 aromatic heterocycles. The van der Waals surface area contributed by atoms with Crippen LogP contribution < -0.4 is 10.6 Å². The fourth-order valence-electron chi connectivity index (χ4n) is 5.39. The number of benzene rings is 1. The molecular weight excluding hydrogens is 435 g/mol. The van der Waals surface area contributed by atoms with Gasteiger partial charge >= 0.3 is 0 Å². The molecule has 3 aliphatic rings. The summed E-state index contributed by atoms with van der Waals surface area (Å²) < 4.78 is 0. The molecule has 1 spiro atoms. The number of rotatable bonds is 4. The third-order valence-corrected chi connectivity index (χ3v) is 7.26. The van der Waals surface area contributed by atoms with Gasteiger partial charge < -0.3 is 10.6 Å². The third-order valence-electron chi connectivity index (χ3n) is 6.46. The Morgan fingerprint density at radius 2 is 2.10 bits per heavy atom. The van der Waals surface area contributed by atoms with E-state index in [-0.39, 0.29) is 23.8 Å². The highest BCUT2D eigenvalue weighted by molar-refractivity contribution is 7.80. The van der Waals surface area contributed by atoms with Crippen LogP contribution in [0.3, 0.4) is 0 Å². The second kappa shape index (κ2) is 8.14. The number of halogens is 2. The Balaban J connectivity index is 1.90. The molecule has 1 aliphatic carbocycles. The van der Waals surface area contributed by atoms with Crippen molar-refractivity contribution in [3.05, 3.63) is 64.2 Å². The number of hydrogen-bond acceptors (Lipinski definition) is 2. The van der Waals surface area contributed by atoms with Gasteiger partial charge in [0.05, 0.1) is 11.0 Å². The number of anilines is 1. The van der Waals surface area contributed by atoms with Gasteiger partial charge in [0, 0.05) is 22.2 Å². The van der Waals surface area contributed by atoms with Crippen LogP contribution in [0, 0.1) is 17.8 Å². The molecule has 1 fully saturated rings. The van der Waals surface area contributed by atoms with Crippen LogP contribution in [0.4, 0.5) is 5.69 Å². The van der Waals surface area contributed by atoms with E-state index in [1.165, 1.54) is 0 Å². The van der Waals surface area contributed by atoms with E-state index in [9.17, 15) is 4.79 Å². The Morgan fingerprint density at radius 3 is 2.80 bits per heavy atom. The standard InChI is InChI=1S/C24H26Cl2N2OS/c1-13(2)9-14(3)22-24(18-8-7-17(26)11-20(18)27-23(24)29)19(12-21(30)28-22)15-5-4-6-16(25)10-15/h4-8,11,13,15,19,22H,3,9-10,12H2,1-2H3,(H,27,29)(H,28,30)/t15?,19-,22+,24-/m0/s1. The molecule has 1 amide bonds. The molecule has 30 heavy (non-hydrogen) atoms. The Morgan fingerprint density at radius 1 is 1.33 bits per heavy atom. The zero-order chi connectivity index (χ0) is 21.6. The van der Waals surface area contributed by atoms with Crippen LogP contribution >= 0.6 is 35.4 Å². The maximum absolute atomic E-state index is 13.8. The number of allylic oxidation sites excluding steroid dienone is 4. The molecule has 158 valence electrons. The van der Waals surface area contributed by atoms with Gasteiger partial charge in [0.25, 0.3) is 0 Å². The van der Waals surface area contributed by atoms with Crippen LogP contribution in [-0.4, -0.2) is 16.9 Å². The summed E-state index contributed by atoms with van der Waals surface area (Å²) in [5.74, 6) is 0.464. The first-order chi connectivity index (χ1) is 14.2. The van der Waals surface area contributed by atoms with Crippen LogP contribution in [0.1, 0.15) is 38.7 Å². The minimum absolute atomic E-state index is 0.0197. The number of nitrogens with one attached hydrogen (secondary N) is 2. The lowest BCUT2D eigenvalue weighted by molar-refractivity contribution is -0.124. The lowest BCUT2D eigenvalue weighted by Crippen LogP contribution is -2.64. The fraction of sp³-hybridized carbons (Fsp3) is 0.417. The normalized spacial score (nSPS) is 30.2. The van der Waals surface area contributed by atoms with Crippen molar-refractivity contribution in [2.45, 2.75) is 44.6 Å². The molecule has 2 N–H and O–H groups in total. The van der Waals surface area contributed by atoms with E-state index in [2.05, 4.69) is 37.1 Å². The van der Waals surface area contributed by atoms with E-state index >= 15 is 0 Å². The smallest absolute Gasteiger partial charge is 0.237 e. The highest BCUT2D eigenvalue weighted by Gasteiger charge is 2.61. The van der Waals surface area contributed by atoms with Gasteiger partial charge in [0.1, 0.15) is 5.41 Å². The van der Waals surface area contributed by atoms with Crippen LogP contribution in [0.25, 0.3) is 0 Å². The predicted molar refractivity (Wildman–Crippen MR) is 129 cm³/mol. The summed E-state index contributed by atoms with van der Waals surface area (Å²) in [6.45, 7) is 8.73.